The number of rotatable bonds is 5. The van der Waals surface area contributed by atoms with Crippen molar-refractivity contribution in [3.05, 3.63) is 76.0 Å². The highest BCUT2D eigenvalue weighted by molar-refractivity contribution is 6.00. The Kier molecular flexibility index (Phi) is 6.28. The molecule has 172 valence electrons. The minimum atomic E-state index is -4.77. The van der Waals surface area contributed by atoms with Gasteiger partial charge < -0.3 is 21.1 Å². The van der Waals surface area contributed by atoms with E-state index in [0.29, 0.717) is 18.2 Å². The van der Waals surface area contributed by atoms with E-state index in [-0.39, 0.29) is 11.5 Å². The number of nitrogens with one attached hydrogen (secondary N) is 2. The number of amides is 2. The van der Waals surface area contributed by atoms with Gasteiger partial charge in [-0.2, -0.15) is 13.2 Å². The molecular formula is C19H12F5N5O4. The molecule has 14 heteroatoms. The van der Waals surface area contributed by atoms with Crippen molar-refractivity contribution in [1.82, 2.24) is 4.98 Å². The summed E-state index contributed by atoms with van der Waals surface area (Å²) in [6.07, 6.45) is -3.63. The van der Waals surface area contributed by atoms with Crippen molar-refractivity contribution in [1.29, 1.82) is 0 Å². The average molecular weight is 469 g/mol. The molecule has 3 aromatic rings. The molecule has 0 saturated heterocycles. The van der Waals surface area contributed by atoms with Gasteiger partial charge in [-0.15, -0.1) is 0 Å². The standard InChI is InChI=1S/C19H12F5N5O4/c20-11-3-1-9(19(22,23)24)7-14(11)28-18(30)27-13-4-2-10(8-12(13)21)33-15-5-6-26-17(25)16(15)29(31)32/h1-8H,(H2,25,26)(H2,27,28,30). The predicted octanol–water partition coefficient (Wildman–Crippen LogP) is 5.31. The zero-order chi connectivity index (χ0) is 24.3. The molecule has 0 atom stereocenters. The predicted molar refractivity (Wildman–Crippen MR) is 106 cm³/mol. The number of pyridine rings is 1. The molecule has 0 spiro atoms. The Balaban J connectivity index is 1.75. The van der Waals surface area contributed by atoms with Gasteiger partial charge in [0.25, 0.3) is 0 Å². The van der Waals surface area contributed by atoms with Gasteiger partial charge in [-0.05, 0) is 30.3 Å². The number of alkyl halides is 3. The summed E-state index contributed by atoms with van der Waals surface area (Å²) in [7, 11) is 0. The first kappa shape index (κ1) is 23.2. The number of urea groups is 1. The number of hydrogen-bond acceptors (Lipinski definition) is 6. The third kappa shape index (κ3) is 5.41. The quantitative estimate of drug-likeness (QED) is 0.264. The van der Waals surface area contributed by atoms with E-state index >= 15 is 0 Å². The molecule has 3 rings (SSSR count). The van der Waals surface area contributed by atoms with Gasteiger partial charge in [0.2, 0.25) is 11.6 Å². The highest BCUT2D eigenvalue weighted by Gasteiger charge is 2.31. The third-order valence-corrected chi connectivity index (χ3v) is 4.06. The van der Waals surface area contributed by atoms with Gasteiger partial charge in [0.1, 0.15) is 17.4 Å². The van der Waals surface area contributed by atoms with Gasteiger partial charge in [-0.1, -0.05) is 0 Å². The van der Waals surface area contributed by atoms with Crippen LogP contribution in [0.3, 0.4) is 0 Å². The number of aromatic nitrogens is 1. The lowest BCUT2D eigenvalue weighted by Gasteiger charge is -2.13. The highest BCUT2D eigenvalue weighted by Crippen LogP contribution is 2.35. The second-order valence-electron chi connectivity index (χ2n) is 6.32. The Bertz CT molecular complexity index is 1240. The lowest BCUT2D eigenvalue weighted by molar-refractivity contribution is -0.384. The summed E-state index contributed by atoms with van der Waals surface area (Å²) in [5.74, 6) is -3.13. The van der Waals surface area contributed by atoms with Crippen LogP contribution in [0.5, 0.6) is 11.5 Å². The summed E-state index contributed by atoms with van der Waals surface area (Å²) in [5, 5.41) is 15.0. The lowest BCUT2D eigenvalue weighted by atomic mass is 10.2. The Morgan fingerprint density at radius 2 is 1.73 bits per heavy atom. The molecule has 0 aliphatic rings. The van der Waals surface area contributed by atoms with Crippen LogP contribution in [0, 0.1) is 21.7 Å². The third-order valence-electron chi connectivity index (χ3n) is 4.06. The van der Waals surface area contributed by atoms with Crippen LogP contribution in [0.4, 0.5) is 49.6 Å². The number of carbonyl (C=O) groups excluding carboxylic acids is 1. The van der Waals surface area contributed by atoms with Gasteiger partial charge in [-0.3, -0.25) is 10.1 Å². The Labute approximate surface area is 181 Å². The van der Waals surface area contributed by atoms with Crippen molar-refractivity contribution in [2.75, 3.05) is 16.4 Å². The maximum absolute atomic E-state index is 14.4. The topological polar surface area (TPSA) is 132 Å². The van der Waals surface area contributed by atoms with Crippen LogP contribution in [-0.4, -0.2) is 15.9 Å². The second kappa shape index (κ2) is 8.94. The van der Waals surface area contributed by atoms with Gasteiger partial charge in [0.15, 0.2) is 0 Å². The first-order valence-electron chi connectivity index (χ1n) is 8.76. The van der Waals surface area contributed by atoms with Crippen LogP contribution in [0.1, 0.15) is 5.56 Å². The number of halogens is 5. The fraction of sp³-hybridized carbons (Fsp3) is 0.0526. The number of hydrogen-bond donors (Lipinski definition) is 3. The van der Waals surface area contributed by atoms with Crippen molar-refractivity contribution in [3.63, 3.8) is 0 Å². The number of carbonyl (C=O) groups is 1. The summed E-state index contributed by atoms with van der Waals surface area (Å²) in [6.45, 7) is 0. The van der Waals surface area contributed by atoms with Crippen molar-refractivity contribution < 1.29 is 36.4 Å². The molecular weight excluding hydrogens is 457 g/mol. The van der Waals surface area contributed by atoms with Gasteiger partial charge in [-0.25, -0.2) is 18.6 Å². The van der Waals surface area contributed by atoms with E-state index in [1.165, 1.54) is 0 Å². The fourth-order valence-electron chi connectivity index (χ4n) is 2.58. The minimum absolute atomic E-state index is 0.198. The minimum Gasteiger partial charge on any atom is -0.450 e. The van der Waals surface area contributed by atoms with E-state index in [1.54, 1.807) is 0 Å². The molecule has 33 heavy (non-hydrogen) atoms. The largest absolute Gasteiger partial charge is 0.450 e. The number of nitrogens with zero attached hydrogens (tertiary/aromatic N) is 2. The highest BCUT2D eigenvalue weighted by atomic mass is 19.4. The van der Waals surface area contributed by atoms with E-state index in [9.17, 15) is 36.9 Å². The molecule has 0 saturated carbocycles. The summed E-state index contributed by atoms with van der Waals surface area (Å²) < 4.78 is 71.7. The first-order chi connectivity index (χ1) is 15.5. The van der Waals surface area contributed by atoms with Gasteiger partial charge in [0.05, 0.1) is 21.9 Å². The van der Waals surface area contributed by atoms with E-state index < -0.39 is 57.2 Å². The smallest absolute Gasteiger partial charge is 0.416 e. The number of nitrogen functional groups attached to an aromatic ring is 1. The fourth-order valence-corrected chi connectivity index (χ4v) is 2.58. The summed E-state index contributed by atoms with van der Waals surface area (Å²) in [6, 6.07) is 4.26. The van der Waals surface area contributed by atoms with E-state index in [1.807, 2.05) is 10.6 Å². The molecule has 0 radical (unpaired) electrons. The maximum Gasteiger partial charge on any atom is 0.416 e. The number of benzene rings is 2. The summed E-state index contributed by atoms with van der Waals surface area (Å²) in [4.78, 5) is 25.9. The van der Waals surface area contributed by atoms with Crippen molar-refractivity contribution >= 4 is 28.9 Å². The Morgan fingerprint density at radius 3 is 2.36 bits per heavy atom. The zero-order valence-electron chi connectivity index (χ0n) is 16.1. The van der Waals surface area contributed by atoms with Crippen LogP contribution < -0.4 is 21.1 Å². The molecule has 2 amide bonds. The zero-order valence-corrected chi connectivity index (χ0v) is 16.1. The molecule has 2 aromatic carbocycles. The number of nitro groups is 1. The molecule has 0 fully saturated rings. The van der Waals surface area contributed by atoms with Gasteiger partial charge in [0, 0.05) is 18.3 Å². The molecule has 1 aromatic heterocycles. The molecule has 0 unspecified atom stereocenters. The molecule has 1 heterocycles. The molecule has 0 aliphatic carbocycles. The number of nitrogens with two attached hydrogens (primary N) is 1. The number of anilines is 3. The molecule has 0 aliphatic heterocycles. The Morgan fingerprint density at radius 1 is 1.03 bits per heavy atom. The van der Waals surface area contributed by atoms with Crippen LogP contribution >= 0.6 is 0 Å². The first-order valence-corrected chi connectivity index (χ1v) is 8.76. The van der Waals surface area contributed by atoms with Crippen LogP contribution in [0.15, 0.2) is 48.7 Å². The average Bonchev–Trinajstić information content (AvgIpc) is 2.70. The summed E-state index contributed by atoms with van der Waals surface area (Å²) in [5.41, 5.74) is 2.40. The van der Waals surface area contributed by atoms with Crippen molar-refractivity contribution in [2.45, 2.75) is 6.18 Å². The normalized spacial score (nSPS) is 11.1. The van der Waals surface area contributed by atoms with E-state index in [0.717, 1.165) is 30.5 Å². The van der Waals surface area contributed by atoms with Crippen LogP contribution in [-0.2, 0) is 6.18 Å². The lowest BCUT2D eigenvalue weighted by Crippen LogP contribution is -2.21. The monoisotopic (exact) mass is 469 g/mol. The SMILES string of the molecule is Nc1nccc(Oc2ccc(NC(=O)Nc3cc(C(F)(F)F)ccc3F)c(F)c2)c1[N+](=O)[O-]. The maximum atomic E-state index is 14.4. The van der Waals surface area contributed by atoms with Crippen LogP contribution in [0.2, 0.25) is 0 Å². The van der Waals surface area contributed by atoms with E-state index in [4.69, 9.17) is 10.5 Å². The Hall–Kier alpha value is -4.49. The molecule has 4 N–H and O–H groups in total. The van der Waals surface area contributed by atoms with Gasteiger partial charge >= 0.3 is 17.9 Å². The van der Waals surface area contributed by atoms with Crippen molar-refractivity contribution in [2.24, 2.45) is 0 Å². The second-order valence-corrected chi connectivity index (χ2v) is 6.32. The van der Waals surface area contributed by atoms with E-state index in [2.05, 4.69) is 4.98 Å². The molecule has 9 nitrogen and oxygen atoms in total. The molecule has 0 bridgehead atoms. The number of ether oxygens (including phenoxy) is 1. The van der Waals surface area contributed by atoms with Crippen molar-refractivity contribution in [3.8, 4) is 11.5 Å². The summed E-state index contributed by atoms with van der Waals surface area (Å²) >= 11 is 0. The van der Waals surface area contributed by atoms with Crippen LogP contribution in [0.25, 0.3) is 0 Å².